The molecule has 0 saturated carbocycles. The minimum Gasteiger partial charge on any atom is -0.466 e. The number of rotatable bonds is 10. The molecule has 8 heteroatoms. The zero-order valence-electron chi connectivity index (χ0n) is 16.8. The van der Waals surface area contributed by atoms with Gasteiger partial charge < -0.3 is 15.3 Å². The number of oxime groups is 1. The summed E-state index contributed by atoms with van der Waals surface area (Å²) in [6, 6.07) is 14.4. The molecule has 0 aliphatic carbocycles. The highest BCUT2D eigenvalue weighted by atomic mass is 35.5. The molecule has 2 N–H and O–H groups in total. The van der Waals surface area contributed by atoms with Crippen LogP contribution in [0.1, 0.15) is 24.5 Å². The average Bonchev–Trinajstić information content (AvgIpc) is 2.73. The Balaban J connectivity index is 2.12. The number of benzene rings is 2. The van der Waals surface area contributed by atoms with Crippen molar-refractivity contribution in [1.29, 1.82) is 0 Å². The fourth-order valence-corrected chi connectivity index (χ4v) is 3.04. The quantitative estimate of drug-likeness (QED) is 0.253. The summed E-state index contributed by atoms with van der Waals surface area (Å²) in [5, 5.41) is 5.10. The first kappa shape index (κ1) is 23.7. The number of Topliss-reactive ketones (excluding diaryl/α,β-unsaturated/α-hetero) is 1. The van der Waals surface area contributed by atoms with E-state index in [-0.39, 0.29) is 24.5 Å². The Morgan fingerprint density at radius 1 is 1.00 bits per heavy atom. The monoisotopic (exact) mass is 450 g/mol. The predicted octanol–water partition coefficient (Wildman–Crippen LogP) is 4.20. The fourth-order valence-electron chi connectivity index (χ4n) is 2.79. The maximum absolute atomic E-state index is 12.7. The molecule has 30 heavy (non-hydrogen) atoms. The maximum Gasteiger partial charge on any atom is 0.349 e. The van der Waals surface area contributed by atoms with Gasteiger partial charge in [0.05, 0.1) is 7.11 Å². The molecule has 0 aliphatic rings. The van der Waals surface area contributed by atoms with E-state index in [1.54, 1.807) is 24.3 Å². The summed E-state index contributed by atoms with van der Waals surface area (Å²) >= 11 is 11.8. The van der Waals surface area contributed by atoms with Crippen molar-refractivity contribution in [3.8, 4) is 0 Å². The molecule has 160 valence electrons. The molecule has 0 aromatic heterocycles. The average molecular weight is 451 g/mol. The van der Waals surface area contributed by atoms with Crippen LogP contribution in [0.25, 0.3) is 0 Å². The molecule has 2 rings (SSSR count). The molecule has 6 nitrogen and oxygen atoms in total. The van der Waals surface area contributed by atoms with Gasteiger partial charge in [0.15, 0.2) is 0 Å². The molecule has 2 atom stereocenters. The first-order chi connectivity index (χ1) is 14.3. The molecule has 2 aromatic rings. The van der Waals surface area contributed by atoms with E-state index in [1.807, 2.05) is 24.3 Å². The summed E-state index contributed by atoms with van der Waals surface area (Å²) in [4.78, 5) is 29.3. The number of hydrogen-bond donors (Lipinski definition) is 1. The van der Waals surface area contributed by atoms with Gasteiger partial charge in [-0.05, 0) is 48.7 Å². The minimum atomic E-state index is -0.908. The van der Waals surface area contributed by atoms with Gasteiger partial charge >= 0.3 is 5.97 Å². The van der Waals surface area contributed by atoms with Crippen LogP contribution in [0.15, 0.2) is 53.7 Å². The number of ether oxygens (including phenoxy) is 1. The zero-order valence-corrected chi connectivity index (χ0v) is 18.3. The van der Waals surface area contributed by atoms with E-state index < -0.39 is 18.0 Å². The molecule has 0 amide bonds. The highest BCUT2D eigenvalue weighted by Crippen LogP contribution is 2.18. The number of carbonyl (C=O) groups is 2. The van der Waals surface area contributed by atoms with E-state index in [9.17, 15) is 9.59 Å². The third kappa shape index (κ3) is 7.69. The van der Waals surface area contributed by atoms with Crippen LogP contribution in [0.5, 0.6) is 0 Å². The van der Waals surface area contributed by atoms with Crippen molar-refractivity contribution in [3.63, 3.8) is 0 Å². The van der Waals surface area contributed by atoms with Crippen molar-refractivity contribution in [2.24, 2.45) is 16.8 Å². The summed E-state index contributed by atoms with van der Waals surface area (Å²) < 4.78 is 4.60. The molecule has 0 radical (unpaired) electrons. The van der Waals surface area contributed by atoms with E-state index >= 15 is 0 Å². The van der Waals surface area contributed by atoms with Gasteiger partial charge in [0.25, 0.3) is 0 Å². The van der Waals surface area contributed by atoms with Crippen molar-refractivity contribution in [3.05, 3.63) is 69.7 Å². The number of ketones is 1. The Kier molecular flexibility index (Phi) is 9.15. The van der Waals surface area contributed by atoms with Crippen molar-refractivity contribution < 1.29 is 19.2 Å². The molecule has 0 unspecified atom stereocenters. The Morgan fingerprint density at radius 2 is 1.53 bits per heavy atom. The van der Waals surface area contributed by atoms with Gasteiger partial charge in [-0.15, -0.1) is 0 Å². The smallest absolute Gasteiger partial charge is 0.349 e. The molecule has 0 spiro atoms. The van der Waals surface area contributed by atoms with Gasteiger partial charge in [0, 0.05) is 28.8 Å². The number of esters is 1. The lowest BCUT2D eigenvalue weighted by atomic mass is 9.91. The Hall–Kier alpha value is -2.57. The molecule has 0 fully saturated rings. The second-order valence-electron chi connectivity index (χ2n) is 6.86. The van der Waals surface area contributed by atoms with Crippen LogP contribution in [0, 0.1) is 5.92 Å². The lowest BCUT2D eigenvalue weighted by Crippen LogP contribution is -2.30. The SMILES string of the molecule is COC(=O)[C@H](C)O/N=C(\N)[C@@H](CC(=O)Cc1ccc(Cl)cc1)Cc1ccc(Cl)cc1. The van der Waals surface area contributed by atoms with Crippen molar-refractivity contribution in [1.82, 2.24) is 0 Å². The third-order valence-corrected chi connectivity index (χ3v) is 4.96. The lowest BCUT2D eigenvalue weighted by Gasteiger charge is -2.17. The van der Waals surface area contributed by atoms with E-state index in [4.69, 9.17) is 33.8 Å². The molecule has 2 aromatic carbocycles. The number of carbonyl (C=O) groups excluding carboxylic acids is 2. The molecular formula is C22H24Cl2N2O4. The second kappa shape index (κ2) is 11.6. The Morgan fingerprint density at radius 3 is 2.07 bits per heavy atom. The number of amidine groups is 1. The van der Waals surface area contributed by atoms with Crippen LogP contribution < -0.4 is 5.73 Å². The standard InChI is InChI=1S/C22H24Cl2N2O4/c1-14(22(28)29-2)30-26-21(25)17(11-15-3-7-18(23)8-4-15)13-20(27)12-16-5-9-19(24)10-6-16/h3-10,14,17H,11-13H2,1-2H3,(H2,25,26)/t14-,17+/m0/s1. The Bertz CT molecular complexity index is 883. The van der Waals surface area contributed by atoms with E-state index in [1.165, 1.54) is 14.0 Å². The van der Waals surface area contributed by atoms with Crippen LogP contribution in [-0.4, -0.2) is 30.8 Å². The van der Waals surface area contributed by atoms with E-state index in [0.717, 1.165) is 11.1 Å². The van der Waals surface area contributed by atoms with E-state index in [0.29, 0.717) is 16.5 Å². The van der Waals surface area contributed by atoms with Gasteiger partial charge in [0.2, 0.25) is 6.10 Å². The van der Waals surface area contributed by atoms with Gasteiger partial charge in [-0.1, -0.05) is 52.6 Å². The van der Waals surface area contributed by atoms with Crippen molar-refractivity contribution >= 4 is 40.8 Å². The minimum absolute atomic E-state index is 0.00421. The molecule has 0 bridgehead atoms. The molecular weight excluding hydrogens is 427 g/mol. The fraction of sp³-hybridized carbons (Fsp3) is 0.318. The van der Waals surface area contributed by atoms with Crippen LogP contribution >= 0.6 is 23.2 Å². The largest absolute Gasteiger partial charge is 0.466 e. The van der Waals surface area contributed by atoms with Crippen molar-refractivity contribution in [2.75, 3.05) is 7.11 Å². The molecule has 0 aliphatic heterocycles. The first-order valence-corrected chi connectivity index (χ1v) is 10.1. The highest BCUT2D eigenvalue weighted by Gasteiger charge is 2.21. The predicted molar refractivity (Wildman–Crippen MR) is 118 cm³/mol. The lowest BCUT2D eigenvalue weighted by molar-refractivity contribution is -0.152. The first-order valence-electron chi connectivity index (χ1n) is 9.36. The number of halogens is 2. The zero-order chi connectivity index (χ0) is 22.1. The second-order valence-corrected chi connectivity index (χ2v) is 7.73. The van der Waals surface area contributed by atoms with Gasteiger partial charge in [-0.3, -0.25) is 4.79 Å². The van der Waals surface area contributed by atoms with Gasteiger partial charge in [0.1, 0.15) is 11.6 Å². The normalized spacial score (nSPS) is 13.4. The van der Waals surface area contributed by atoms with Crippen LogP contribution in [-0.2, 0) is 32.0 Å². The van der Waals surface area contributed by atoms with Crippen LogP contribution in [0.4, 0.5) is 0 Å². The maximum atomic E-state index is 12.7. The third-order valence-electron chi connectivity index (χ3n) is 4.45. The number of hydrogen-bond acceptors (Lipinski definition) is 5. The summed E-state index contributed by atoms with van der Waals surface area (Å²) in [6.07, 6.45) is -0.0266. The van der Waals surface area contributed by atoms with Gasteiger partial charge in [-0.2, -0.15) is 0 Å². The summed E-state index contributed by atoms with van der Waals surface area (Å²) in [7, 11) is 1.26. The number of methoxy groups -OCH3 is 1. The highest BCUT2D eigenvalue weighted by molar-refractivity contribution is 6.30. The van der Waals surface area contributed by atoms with Crippen molar-refractivity contribution in [2.45, 2.75) is 32.3 Å². The van der Waals surface area contributed by atoms with E-state index in [2.05, 4.69) is 9.89 Å². The summed E-state index contributed by atoms with van der Waals surface area (Å²) in [6.45, 7) is 1.50. The number of nitrogens with zero attached hydrogens (tertiary/aromatic N) is 1. The summed E-state index contributed by atoms with van der Waals surface area (Å²) in [5.74, 6) is -0.851. The van der Waals surface area contributed by atoms with Crippen LogP contribution in [0.2, 0.25) is 10.0 Å². The molecule has 0 saturated heterocycles. The topological polar surface area (TPSA) is 91.0 Å². The molecule has 0 heterocycles. The Labute approximate surface area is 185 Å². The summed E-state index contributed by atoms with van der Waals surface area (Å²) in [5.41, 5.74) is 7.93. The number of nitrogens with two attached hydrogens (primary N) is 1. The van der Waals surface area contributed by atoms with Crippen LogP contribution in [0.3, 0.4) is 0 Å². The van der Waals surface area contributed by atoms with Gasteiger partial charge in [-0.25, -0.2) is 4.79 Å².